The van der Waals surface area contributed by atoms with E-state index < -0.39 is 5.91 Å². The van der Waals surface area contributed by atoms with Crippen LogP contribution < -0.4 is 5.32 Å². The average Bonchev–Trinajstić information content (AvgIpc) is 2.65. The van der Waals surface area contributed by atoms with Gasteiger partial charge in [-0.15, -0.1) is 0 Å². The zero-order chi connectivity index (χ0) is 17.8. The maximum atomic E-state index is 12.5. The number of para-hydroxylation sites is 1. The number of likely N-dealkylation sites (tertiary alicyclic amines) is 1. The highest BCUT2D eigenvalue weighted by Gasteiger charge is 2.20. The van der Waals surface area contributed by atoms with E-state index >= 15 is 0 Å². The Morgan fingerprint density at radius 1 is 1.04 bits per heavy atom. The Hall–Kier alpha value is -2.11. The first-order chi connectivity index (χ1) is 12.1. The van der Waals surface area contributed by atoms with Crippen LogP contribution in [0.1, 0.15) is 40.1 Å². The molecular weight excluding hydrogens is 361 g/mol. The number of benzene rings is 1. The Morgan fingerprint density at radius 3 is 2.40 bits per heavy atom. The number of anilines is 1. The summed E-state index contributed by atoms with van der Waals surface area (Å²) in [5, 5.41) is 3.38. The first-order valence-electron chi connectivity index (χ1n) is 8.07. The maximum absolute atomic E-state index is 12.5. The Bertz CT molecular complexity index is 784. The summed E-state index contributed by atoms with van der Waals surface area (Å²) in [5.74, 6) is -0.546. The summed E-state index contributed by atoms with van der Waals surface area (Å²) >= 11 is 12.1. The minimum atomic E-state index is -0.398. The Labute approximate surface area is 155 Å². The zero-order valence-corrected chi connectivity index (χ0v) is 15.0. The number of nitrogens with zero attached hydrogens (tertiary/aromatic N) is 2. The number of rotatable bonds is 3. The van der Waals surface area contributed by atoms with Crippen molar-refractivity contribution < 1.29 is 9.59 Å². The van der Waals surface area contributed by atoms with Crippen molar-refractivity contribution >= 4 is 40.7 Å². The summed E-state index contributed by atoms with van der Waals surface area (Å²) in [6.45, 7) is 1.46. The highest BCUT2D eigenvalue weighted by atomic mass is 35.5. The molecule has 1 aliphatic rings. The minimum Gasteiger partial charge on any atom is -0.337 e. The van der Waals surface area contributed by atoms with Gasteiger partial charge in [-0.2, -0.15) is 0 Å². The third kappa shape index (κ3) is 4.11. The smallest absolute Gasteiger partial charge is 0.272 e. The molecule has 1 N–H and O–H groups in total. The van der Waals surface area contributed by atoms with E-state index in [4.69, 9.17) is 23.2 Å². The molecule has 130 valence electrons. The largest absolute Gasteiger partial charge is 0.337 e. The van der Waals surface area contributed by atoms with Crippen LogP contribution >= 0.6 is 23.2 Å². The molecule has 1 fully saturated rings. The van der Waals surface area contributed by atoms with Crippen molar-refractivity contribution in [3.05, 3.63) is 57.8 Å². The summed E-state index contributed by atoms with van der Waals surface area (Å²) in [6, 6.07) is 8.02. The van der Waals surface area contributed by atoms with Gasteiger partial charge in [-0.05, 0) is 43.5 Å². The van der Waals surface area contributed by atoms with Crippen molar-refractivity contribution in [3.8, 4) is 0 Å². The van der Waals surface area contributed by atoms with Gasteiger partial charge in [-0.25, -0.2) is 0 Å². The van der Waals surface area contributed by atoms with Gasteiger partial charge in [0.05, 0.1) is 15.7 Å². The molecule has 0 aliphatic carbocycles. The molecule has 2 heterocycles. The van der Waals surface area contributed by atoms with Crippen molar-refractivity contribution in [3.63, 3.8) is 0 Å². The third-order valence-corrected chi connectivity index (χ3v) is 4.72. The summed E-state index contributed by atoms with van der Waals surface area (Å²) in [6.07, 6.45) is 4.59. The molecule has 1 aromatic heterocycles. The number of carbonyl (C=O) groups excluding carboxylic acids is 2. The SMILES string of the molecule is O=C(Nc1c(Cl)cccc1Cl)c1ccnc(C(=O)N2CCCCC2)c1. The van der Waals surface area contributed by atoms with Crippen LogP contribution in [0.4, 0.5) is 5.69 Å². The molecule has 0 unspecified atom stereocenters. The van der Waals surface area contributed by atoms with Crippen LogP contribution in [-0.4, -0.2) is 34.8 Å². The summed E-state index contributed by atoms with van der Waals surface area (Å²) in [7, 11) is 0. The molecule has 5 nitrogen and oxygen atoms in total. The second-order valence-electron chi connectivity index (χ2n) is 5.83. The van der Waals surface area contributed by atoms with E-state index in [1.807, 2.05) is 0 Å². The lowest BCUT2D eigenvalue weighted by Crippen LogP contribution is -2.36. The molecule has 1 saturated heterocycles. The van der Waals surface area contributed by atoms with E-state index in [1.165, 1.54) is 12.3 Å². The number of amides is 2. The van der Waals surface area contributed by atoms with E-state index in [1.54, 1.807) is 29.2 Å². The van der Waals surface area contributed by atoms with E-state index in [9.17, 15) is 9.59 Å². The predicted molar refractivity (Wildman–Crippen MR) is 98.4 cm³/mol. The summed E-state index contributed by atoms with van der Waals surface area (Å²) in [4.78, 5) is 30.9. The first-order valence-corrected chi connectivity index (χ1v) is 8.82. The molecular formula is C18H17Cl2N3O2. The molecule has 2 aromatic rings. The second-order valence-corrected chi connectivity index (χ2v) is 6.65. The molecule has 0 saturated carbocycles. The third-order valence-electron chi connectivity index (χ3n) is 4.09. The molecule has 25 heavy (non-hydrogen) atoms. The fourth-order valence-corrected chi connectivity index (χ4v) is 3.24. The average molecular weight is 378 g/mol. The van der Waals surface area contributed by atoms with Gasteiger partial charge in [0.2, 0.25) is 0 Å². The Morgan fingerprint density at radius 2 is 1.72 bits per heavy atom. The molecule has 7 heteroatoms. The first kappa shape index (κ1) is 17.7. The van der Waals surface area contributed by atoms with Gasteiger partial charge in [0.15, 0.2) is 0 Å². The Balaban J connectivity index is 1.78. The molecule has 2 amide bonds. The van der Waals surface area contributed by atoms with Gasteiger partial charge in [0.1, 0.15) is 5.69 Å². The number of halogens is 2. The van der Waals surface area contributed by atoms with Crippen LogP contribution in [0.2, 0.25) is 10.0 Å². The van der Waals surface area contributed by atoms with Crippen molar-refractivity contribution in [2.75, 3.05) is 18.4 Å². The molecule has 0 atom stereocenters. The fraction of sp³-hybridized carbons (Fsp3) is 0.278. The van der Waals surface area contributed by atoms with Gasteiger partial charge in [0, 0.05) is 24.8 Å². The van der Waals surface area contributed by atoms with E-state index in [0.717, 1.165) is 32.4 Å². The maximum Gasteiger partial charge on any atom is 0.272 e. The lowest BCUT2D eigenvalue weighted by Gasteiger charge is -2.26. The van der Waals surface area contributed by atoms with E-state index in [-0.39, 0.29) is 11.6 Å². The molecule has 1 aliphatic heterocycles. The van der Waals surface area contributed by atoms with Gasteiger partial charge >= 0.3 is 0 Å². The minimum absolute atomic E-state index is 0.148. The van der Waals surface area contributed by atoms with Gasteiger partial charge in [0.25, 0.3) is 11.8 Å². The number of aromatic nitrogens is 1. The number of hydrogen-bond donors (Lipinski definition) is 1. The van der Waals surface area contributed by atoms with Gasteiger partial charge in [-0.1, -0.05) is 29.3 Å². The van der Waals surface area contributed by atoms with Crippen molar-refractivity contribution in [2.24, 2.45) is 0 Å². The fourth-order valence-electron chi connectivity index (χ4n) is 2.75. The van der Waals surface area contributed by atoms with Crippen LogP contribution in [0.15, 0.2) is 36.5 Å². The molecule has 0 radical (unpaired) electrons. The molecule has 3 rings (SSSR count). The topological polar surface area (TPSA) is 62.3 Å². The summed E-state index contributed by atoms with van der Waals surface area (Å²) < 4.78 is 0. The van der Waals surface area contributed by atoms with Crippen LogP contribution in [0, 0.1) is 0 Å². The highest BCUT2D eigenvalue weighted by molar-refractivity contribution is 6.40. The van der Waals surface area contributed by atoms with Crippen LogP contribution in [0.25, 0.3) is 0 Å². The molecule has 0 bridgehead atoms. The van der Waals surface area contributed by atoms with Crippen LogP contribution in [-0.2, 0) is 0 Å². The number of nitrogens with one attached hydrogen (secondary N) is 1. The van der Waals surface area contributed by atoms with Gasteiger partial charge in [-0.3, -0.25) is 14.6 Å². The lowest BCUT2D eigenvalue weighted by molar-refractivity contribution is 0.0718. The standard InChI is InChI=1S/C18H17Cl2N3O2/c19-13-5-4-6-14(20)16(13)22-17(24)12-7-8-21-15(11-12)18(25)23-9-2-1-3-10-23/h4-8,11H,1-3,9-10H2,(H,22,24). The van der Waals surface area contributed by atoms with Gasteiger partial charge < -0.3 is 10.2 Å². The van der Waals surface area contributed by atoms with Crippen LogP contribution in [0.3, 0.4) is 0 Å². The van der Waals surface area contributed by atoms with Crippen molar-refractivity contribution in [2.45, 2.75) is 19.3 Å². The summed E-state index contributed by atoms with van der Waals surface area (Å²) in [5.41, 5.74) is 0.933. The Kier molecular flexibility index (Phi) is 5.56. The normalized spacial score (nSPS) is 14.2. The quantitative estimate of drug-likeness (QED) is 0.868. The van der Waals surface area contributed by atoms with Crippen molar-refractivity contribution in [1.29, 1.82) is 0 Å². The number of hydrogen-bond acceptors (Lipinski definition) is 3. The number of pyridine rings is 1. The predicted octanol–water partition coefficient (Wildman–Crippen LogP) is 4.27. The van der Waals surface area contributed by atoms with E-state index in [2.05, 4.69) is 10.3 Å². The van der Waals surface area contributed by atoms with Crippen molar-refractivity contribution in [1.82, 2.24) is 9.88 Å². The lowest BCUT2D eigenvalue weighted by atomic mass is 10.1. The van der Waals surface area contributed by atoms with E-state index in [0.29, 0.717) is 21.3 Å². The highest BCUT2D eigenvalue weighted by Crippen LogP contribution is 2.30. The molecule has 0 spiro atoms. The number of piperidine rings is 1. The zero-order valence-electron chi connectivity index (χ0n) is 13.5. The molecule has 1 aromatic carbocycles. The number of carbonyl (C=O) groups is 2. The monoisotopic (exact) mass is 377 g/mol. The second kappa shape index (κ2) is 7.85. The van der Waals surface area contributed by atoms with Crippen LogP contribution in [0.5, 0.6) is 0 Å².